The van der Waals surface area contributed by atoms with Gasteiger partial charge in [-0.05, 0) is 100 Å². The maximum absolute atomic E-state index is 13.5. The van der Waals surface area contributed by atoms with Crippen LogP contribution in [0.15, 0.2) is 11.6 Å². The Balaban J connectivity index is 1.16. The monoisotopic (exact) mass is 645 g/mol. The standard InChI is InChI=1S/C35H51NO10/c1-32(2)17-20(11-14-46-32)25(16-29(41)42)36-28(40)7-8-30(43)45-19-27(39)35(44)13-10-24-23-6-5-21-15-22(37)9-12-33(21,3)31(23)26(38)18-34(24,35)4/h15,20,23-26,31,38,44H,5-14,16-19H2,1-4H3,(H,36,40)(H,41,42)/t20-,23-,24-,25+,26+,31+,33+,34+,35+/m1/s1. The van der Waals surface area contributed by atoms with Crippen molar-refractivity contribution in [2.75, 3.05) is 13.2 Å². The van der Waals surface area contributed by atoms with E-state index in [2.05, 4.69) is 12.2 Å². The summed E-state index contributed by atoms with van der Waals surface area (Å²) in [5.74, 6) is -2.75. The summed E-state index contributed by atoms with van der Waals surface area (Å²) in [6.07, 6.45) is 5.27. The van der Waals surface area contributed by atoms with Crippen LogP contribution in [0, 0.1) is 34.5 Å². The summed E-state index contributed by atoms with van der Waals surface area (Å²) in [7, 11) is 0. The van der Waals surface area contributed by atoms with Crippen LogP contribution in [-0.4, -0.2) is 81.3 Å². The van der Waals surface area contributed by atoms with Gasteiger partial charge < -0.3 is 30.1 Å². The maximum atomic E-state index is 13.5. The van der Waals surface area contributed by atoms with Crippen LogP contribution in [0.2, 0.25) is 0 Å². The molecule has 11 heteroatoms. The largest absolute Gasteiger partial charge is 0.481 e. The fourth-order valence-electron chi connectivity index (χ4n) is 10.1. The Hall–Kier alpha value is -2.63. The Morgan fingerprint density at radius 3 is 2.48 bits per heavy atom. The Morgan fingerprint density at radius 2 is 1.78 bits per heavy atom. The number of amides is 1. The number of carboxylic acid groups (broad SMARTS) is 1. The lowest BCUT2D eigenvalue weighted by Crippen LogP contribution is -2.62. The minimum atomic E-state index is -1.76. The van der Waals surface area contributed by atoms with Gasteiger partial charge in [-0.15, -0.1) is 0 Å². The highest BCUT2D eigenvalue weighted by Gasteiger charge is 2.68. The molecule has 0 aromatic heterocycles. The number of ether oxygens (including phenoxy) is 2. The molecule has 4 aliphatic carbocycles. The molecule has 1 saturated heterocycles. The molecular weight excluding hydrogens is 594 g/mol. The number of carbonyl (C=O) groups excluding carboxylic acids is 4. The third-order valence-corrected chi connectivity index (χ3v) is 12.5. The number of rotatable bonds is 10. The molecule has 256 valence electrons. The van der Waals surface area contributed by atoms with Gasteiger partial charge in [0.15, 0.2) is 12.4 Å². The average Bonchev–Trinajstić information content (AvgIpc) is 3.24. The number of carbonyl (C=O) groups is 5. The number of Topliss-reactive ketones (excluding diaryl/α,β-unsaturated/α-hetero) is 1. The first-order chi connectivity index (χ1) is 21.5. The van der Waals surface area contributed by atoms with E-state index >= 15 is 0 Å². The van der Waals surface area contributed by atoms with E-state index in [0.29, 0.717) is 38.7 Å². The van der Waals surface area contributed by atoms with Crippen LogP contribution in [-0.2, 0) is 33.4 Å². The van der Waals surface area contributed by atoms with E-state index < -0.39 is 59.0 Å². The average molecular weight is 646 g/mol. The van der Waals surface area contributed by atoms with Crippen molar-refractivity contribution >= 4 is 29.4 Å². The summed E-state index contributed by atoms with van der Waals surface area (Å²) in [5, 5.41) is 35.6. The molecule has 4 fully saturated rings. The molecule has 11 nitrogen and oxygen atoms in total. The van der Waals surface area contributed by atoms with Crippen molar-refractivity contribution in [1.82, 2.24) is 5.32 Å². The number of esters is 1. The van der Waals surface area contributed by atoms with Gasteiger partial charge in [0.25, 0.3) is 0 Å². The molecule has 3 saturated carbocycles. The molecule has 0 aromatic rings. The number of aliphatic carboxylic acids is 1. The summed E-state index contributed by atoms with van der Waals surface area (Å²) >= 11 is 0. The molecule has 1 aliphatic heterocycles. The van der Waals surface area contributed by atoms with E-state index in [0.717, 1.165) is 18.4 Å². The predicted molar refractivity (Wildman–Crippen MR) is 165 cm³/mol. The van der Waals surface area contributed by atoms with E-state index in [-0.39, 0.29) is 67.0 Å². The molecule has 9 atom stereocenters. The SMILES string of the molecule is CC1(C)C[C@H]([C@H](CC(=O)O)NC(=O)CCC(=O)OCC(=O)[C@@]2(O)CC[C@@H]3[C@H]4CCC5=CC(=O)CC[C@]5(C)[C@@H]4[C@@H](O)C[C@@]32C)CCO1. The van der Waals surface area contributed by atoms with Gasteiger partial charge in [0, 0.05) is 30.9 Å². The summed E-state index contributed by atoms with van der Waals surface area (Å²) in [6, 6.07) is -0.600. The van der Waals surface area contributed by atoms with E-state index in [9.17, 15) is 39.3 Å². The quantitative estimate of drug-likeness (QED) is 0.258. The minimum absolute atomic E-state index is 0.00491. The first kappa shape index (κ1) is 34.7. The van der Waals surface area contributed by atoms with Gasteiger partial charge in [0.1, 0.15) is 5.60 Å². The van der Waals surface area contributed by atoms with Gasteiger partial charge >= 0.3 is 11.9 Å². The Kier molecular flexibility index (Phi) is 9.63. The number of aliphatic hydroxyl groups is 2. The number of nitrogens with one attached hydrogen (secondary N) is 1. The van der Waals surface area contributed by atoms with Crippen LogP contribution in [0.25, 0.3) is 0 Å². The van der Waals surface area contributed by atoms with Crippen LogP contribution >= 0.6 is 0 Å². The van der Waals surface area contributed by atoms with Crippen molar-refractivity contribution in [1.29, 1.82) is 0 Å². The minimum Gasteiger partial charge on any atom is -0.481 e. The van der Waals surface area contributed by atoms with Crippen molar-refractivity contribution in [3.8, 4) is 0 Å². The fraction of sp³-hybridized carbons (Fsp3) is 0.800. The zero-order valence-electron chi connectivity index (χ0n) is 27.6. The lowest BCUT2D eigenvalue weighted by molar-refractivity contribution is -0.184. The van der Waals surface area contributed by atoms with Crippen LogP contribution in [0.4, 0.5) is 0 Å². The van der Waals surface area contributed by atoms with Gasteiger partial charge in [-0.1, -0.05) is 19.4 Å². The van der Waals surface area contributed by atoms with E-state index in [1.54, 1.807) is 6.08 Å². The van der Waals surface area contributed by atoms with E-state index in [1.807, 2.05) is 20.8 Å². The van der Waals surface area contributed by atoms with Crippen molar-refractivity contribution in [3.05, 3.63) is 11.6 Å². The highest BCUT2D eigenvalue weighted by atomic mass is 16.5. The molecule has 5 aliphatic rings. The summed E-state index contributed by atoms with van der Waals surface area (Å²) < 4.78 is 11.0. The Morgan fingerprint density at radius 1 is 1.04 bits per heavy atom. The number of hydrogen-bond acceptors (Lipinski definition) is 9. The molecule has 0 aromatic carbocycles. The lowest BCUT2D eigenvalue weighted by Gasteiger charge is -2.60. The molecular formula is C35H51NO10. The second-order valence-electron chi connectivity index (χ2n) is 15.7. The van der Waals surface area contributed by atoms with Crippen molar-refractivity contribution < 1.29 is 48.8 Å². The normalized spacial score (nSPS) is 38.8. The van der Waals surface area contributed by atoms with Crippen molar-refractivity contribution in [3.63, 3.8) is 0 Å². The fourth-order valence-corrected chi connectivity index (χ4v) is 10.1. The van der Waals surface area contributed by atoms with Gasteiger partial charge in [0.05, 0.1) is 24.5 Å². The summed E-state index contributed by atoms with van der Waals surface area (Å²) in [4.78, 5) is 62.5. The van der Waals surface area contributed by atoms with Gasteiger partial charge in [-0.2, -0.15) is 0 Å². The van der Waals surface area contributed by atoms with Gasteiger partial charge in [-0.3, -0.25) is 24.0 Å². The molecule has 5 rings (SSSR count). The molecule has 4 N–H and O–H groups in total. The van der Waals surface area contributed by atoms with Crippen LogP contribution in [0.3, 0.4) is 0 Å². The summed E-state index contributed by atoms with van der Waals surface area (Å²) in [5.41, 5.74) is -2.24. The second-order valence-corrected chi connectivity index (χ2v) is 15.7. The molecule has 0 unspecified atom stereocenters. The first-order valence-electron chi connectivity index (χ1n) is 17.0. The zero-order chi connectivity index (χ0) is 33.7. The molecule has 1 heterocycles. The third kappa shape index (κ3) is 6.43. The molecule has 0 radical (unpaired) electrons. The Bertz CT molecular complexity index is 1290. The molecule has 0 bridgehead atoms. The predicted octanol–water partition coefficient (Wildman–Crippen LogP) is 3.28. The number of allylic oxidation sites excluding steroid dienone is 1. The van der Waals surface area contributed by atoms with Crippen molar-refractivity contribution in [2.24, 2.45) is 34.5 Å². The number of hydrogen-bond donors (Lipinski definition) is 4. The number of fused-ring (bicyclic) bond motifs is 5. The highest BCUT2D eigenvalue weighted by molar-refractivity contribution is 5.92. The van der Waals surface area contributed by atoms with Crippen molar-refractivity contribution in [2.45, 2.75) is 128 Å². The van der Waals surface area contributed by atoms with Crippen LogP contribution in [0.1, 0.15) is 105 Å². The smallest absolute Gasteiger partial charge is 0.306 e. The van der Waals surface area contributed by atoms with Crippen LogP contribution < -0.4 is 5.32 Å². The number of carboxylic acids is 1. The molecule has 46 heavy (non-hydrogen) atoms. The van der Waals surface area contributed by atoms with Gasteiger partial charge in [-0.25, -0.2) is 0 Å². The highest BCUT2D eigenvalue weighted by Crippen LogP contribution is 2.67. The van der Waals surface area contributed by atoms with Crippen LogP contribution in [0.5, 0.6) is 0 Å². The lowest BCUT2D eigenvalue weighted by atomic mass is 9.45. The summed E-state index contributed by atoms with van der Waals surface area (Å²) in [6.45, 7) is 7.72. The third-order valence-electron chi connectivity index (χ3n) is 12.5. The van der Waals surface area contributed by atoms with Gasteiger partial charge in [0.2, 0.25) is 11.7 Å². The number of aliphatic hydroxyl groups excluding tert-OH is 1. The zero-order valence-corrected chi connectivity index (χ0v) is 27.6. The second kappa shape index (κ2) is 12.8. The first-order valence-corrected chi connectivity index (χ1v) is 17.0. The molecule has 0 spiro atoms. The topological polar surface area (TPSA) is 177 Å². The van der Waals surface area contributed by atoms with E-state index in [4.69, 9.17) is 9.47 Å². The Labute approximate surface area is 270 Å². The molecule has 1 amide bonds. The van der Waals surface area contributed by atoms with E-state index in [1.165, 1.54) is 0 Å². The number of ketones is 2. The maximum Gasteiger partial charge on any atom is 0.306 e.